The Morgan fingerprint density at radius 3 is 2.41 bits per heavy atom. The highest BCUT2D eigenvalue weighted by Crippen LogP contribution is 2.47. The minimum atomic E-state index is 0.533. The quantitative estimate of drug-likeness (QED) is 0.253. The van der Waals surface area contributed by atoms with Gasteiger partial charge in [-0.25, -0.2) is 4.98 Å². The van der Waals surface area contributed by atoms with E-state index in [9.17, 15) is 0 Å². The summed E-state index contributed by atoms with van der Waals surface area (Å²) in [4.78, 5) is 4.60. The first-order chi connectivity index (χ1) is 18.3. The van der Waals surface area contributed by atoms with Crippen LogP contribution in [0, 0.1) is 11.3 Å². The predicted octanol–water partition coefficient (Wildman–Crippen LogP) is 8.24. The summed E-state index contributed by atoms with van der Waals surface area (Å²) in [7, 11) is 0. The van der Waals surface area contributed by atoms with E-state index in [2.05, 4.69) is 70.2 Å². The molecule has 0 amide bonds. The van der Waals surface area contributed by atoms with Gasteiger partial charge in [-0.2, -0.15) is 5.26 Å². The Hall–Kier alpha value is -5.34. The minimum Gasteiger partial charge on any atom is -0.453 e. The van der Waals surface area contributed by atoms with E-state index in [0.717, 1.165) is 55.8 Å². The number of hydrogen-bond acceptors (Lipinski definition) is 4. The van der Waals surface area contributed by atoms with Crippen molar-refractivity contribution in [3.63, 3.8) is 0 Å². The van der Waals surface area contributed by atoms with Crippen molar-refractivity contribution < 1.29 is 9.15 Å². The van der Waals surface area contributed by atoms with E-state index in [1.165, 1.54) is 5.39 Å². The van der Waals surface area contributed by atoms with Crippen LogP contribution in [0.4, 0.5) is 0 Å². The summed E-state index contributed by atoms with van der Waals surface area (Å²) in [6, 6.07) is 36.6. The lowest BCUT2D eigenvalue weighted by molar-refractivity contribution is 0.476. The second kappa shape index (κ2) is 7.33. The Morgan fingerprint density at radius 2 is 1.51 bits per heavy atom. The van der Waals surface area contributed by atoms with Gasteiger partial charge in [-0.1, -0.05) is 42.5 Å². The third kappa shape index (κ3) is 2.87. The van der Waals surface area contributed by atoms with Gasteiger partial charge in [0.05, 0.1) is 28.4 Å². The molecule has 37 heavy (non-hydrogen) atoms. The first-order valence-electron chi connectivity index (χ1n) is 12.0. The van der Waals surface area contributed by atoms with Crippen LogP contribution in [-0.4, -0.2) is 9.55 Å². The molecule has 172 valence electrons. The normalized spacial score (nSPS) is 12.0. The van der Waals surface area contributed by atoms with E-state index >= 15 is 0 Å². The Kier molecular flexibility index (Phi) is 3.94. The summed E-state index contributed by atoms with van der Waals surface area (Å²) in [6.45, 7) is 0. The molecule has 2 aromatic heterocycles. The monoisotopic (exact) mass is 475 g/mol. The molecule has 5 aromatic carbocycles. The van der Waals surface area contributed by atoms with Gasteiger partial charge in [0.15, 0.2) is 17.1 Å². The van der Waals surface area contributed by atoms with Crippen molar-refractivity contribution >= 4 is 32.9 Å². The lowest BCUT2D eigenvalue weighted by Crippen LogP contribution is -2.03. The van der Waals surface area contributed by atoms with Gasteiger partial charge in [-0.05, 0) is 65.7 Å². The summed E-state index contributed by atoms with van der Waals surface area (Å²) in [5.74, 6) is 2.23. The molecule has 0 saturated heterocycles. The van der Waals surface area contributed by atoms with Crippen molar-refractivity contribution in [1.29, 1.82) is 5.26 Å². The zero-order valence-corrected chi connectivity index (χ0v) is 19.5. The number of hydrogen-bond donors (Lipinski definition) is 0. The average Bonchev–Trinajstić information content (AvgIpc) is 3.53. The number of rotatable bonds is 2. The molecule has 1 aliphatic heterocycles. The van der Waals surface area contributed by atoms with Gasteiger partial charge in [0.25, 0.3) is 0 Å². The Morgan fingerprint density at radius 1 is 0.703 bits per heavy atom. The molecule has 0 saturated carbocycles. The van der Waals surface area contributed by atoms with Crippen LogP contribution < -0.4 is 4.74 Å². The number of ether oxygens (including phenoxy) is 1. The lowest BCUT2D eigenvalue weighted by atomic mass is 10.0. The third-order valence-corrected chi connectivity index (χ3v) is 7.04. The molecule has 5 nitrogen and oxygen atoms in total. The van der Waals surface area contributed by atoms with Crippen molar-refractivity contribution in [2.24, 2.45) is 0 Å². The van der Waals surface area contributed by atoms with Crippen LogP contribution in [0.2, 0.25) is 0 Å². The fourth-order valence-electron chi connectivity index (χ4n) is 5.32. The van der Waals surface area contributed by atoms with Crippen molar-refractivity contribution in [1.82, 2.24) is 9.55 Å². The highest BCUT2D eigenvalue weighted by atomic mass is 16.5. The number of fused-ring (bicyclic) bond motifs is 6. The molecule has 7 aromatic rings. The van der Waals surface area contributed by atoms with Crippen LogP contribution in [0.3, 0.4) is 0 Å². The zero-order valence-electron chi connectivity index (χ0n) is 19.5. The maximum absolute atomic E-state index is 9.15. The van der Waals surface area contributed by atoms with Crippen molar-refractivity contribution in [2.75, 3.05) is 0 Å². The number of benzene rings is 5. The van der Waals surface area contributed by atoms with E-state index < -0.39 is 0 Å². The highest BCUT2D eigenvalue weighted by Gasteiger charge is 2.24. The summed E-state index contributed by atoms with van der Waals surface area (Å²) < 4.78 is 14.7. The smallest absolute Gasteiger partial charge is 0.227 e. The molecule has 8 rings (SSSR count). The summed E-state index contributed by atoms with van der Waals surface area (Å²) >= 11 is 0. The number of oxazole rings is 1. The van der Waals surface area contributed by atoms with Crippen LogP contribution in [0.15, 0.2) is 108 Å². The minimum absolute atomic E-state index is 0.533. The van der Waals surface area contributed by atoms with Crippen LogP contribution in [0.25, 0.3) is 61.2 Å². The van der Waals surface area contributed by atoms with Crippen molar-refractivity contribution in [2.45, 2.75) is 0 Å². The molecule has 0 spiro atoms. The van der Waals surface area contributed by atoms with Gasteiger partial charge in [0.2, 0.25) is 5.89 Å². The maximum atomic E-state index is 9.15. The number of nitrogens with zero attached hydrogens (tertiary/aromatic N) is 3. The van der Waals surface area contributed by atoms with Crippen LogP contribution in [0.5, 0.6) is 11.5 Å². The largest absolute Gasteiger partial charge is 0.453 e. The molecular formula is C32H17N3O2. The fraction of sp³-hybridized carbons (Fsp3) is 0. The maximum Gasteiger partial charge on any atom is 0.227 e. The molecule has 0 radical (unpaired) electrons. The van der Waals surface area contributed by atoms with Crippen LogP contribution >= 0.6 is 0 Å². The number of nitriles is 1. The Labute approximate surface area is 211 Å². The van der Waals surface area contributed by atoms with Gasteiger partial charge in [0.1, 0.15) is 5.52 Å². The standard InChI is InChI=1S/C32H17N3O2/c33-18-19-9-14-25-29(15-19)37-32(34-25)21-12-10-20(11-13-21)22-16-24-23-5-1-2-6-26(23)35-27-7-3-4-8-28(27)36-30(17-22)31(24)35/h1-17H. The average molecular weight is 476 g/mol. The first kappa shape index (κ1) is 19.9. The second-order valence-electron chi connectivity index (χ2n) is 9.18. The van der Waals surface area contributed by atoms with E-state index in [1.54, 1.807) is 12.1 Å². The molecule has 0 aliphatic carbocycles. The van der Waals surface area contributed by atoms with E-state index in [0.29, 0.717) is 17.0 Å². The Balaban J connectivity index is 1.27. The van der Waals surface area contributed by atoms with Gasteiger partial charge < -0.3 is 13.7 Å². The van der Waals surface area contributed by atoms with Crippen molar-refractivity contribution in [3.8, 4) is 45.8 Å². The highest BCUT2D eigenvalue weighted by molar-refractivity contribution is 6.13. The molecule has 0 bridgehead atoms. The molecule has 0 N–H and O–H groups in total. The van der Waals surface area contributed by atoms with Crippen LogP contribution in [0.1, 0.15) is 5.56 Å². The van der Waals surface area contributed by atoms with E-state index in [1.807, 2.05) is 36.4 Å². The van der Waals surface area contributed by atoms with Gasteiger partial charge in [-0.3, -0.25) is 0 Å². The number of para-hydroxylation sites is 3. The SMILES string of the molecule is N#Cc1ccc2nc(-c3ccc(-c4cc5c6c(c4)c4ccccc4n6-c4ccccc4O5)cc3)oc2c1. The molecule has 3 heterocycles. The predicted molar refractivity (Wildman–Crippen MR) is 144 cm³/mol. The molecule has 0 fully saturated rings. The van der Waals surface area contributed by atoms with Gasteiger partial charge >= 0.3 is 0 Å². The third-order valence-electron chi connectivity index (χ3n) is 7.04. The summed E-state index contributed by atoms with van der Waals surface area (Å²) in [5, 5.41) is 11.5. The van der Waals surface area contributed by atoms with Gasteiger partial charge in [-0.15, -0.1) is 0 Å². The van der Waals surface area contributed by atoms with Crippen molar-refractivity contribution in [3.05, 3.63) is 109 Å². The fourth-order valence-corrected chi connectivity index (χ4v) is 5.32. The molecule has 0 atom stereocenters. The number of aromatic nitrogens is 2. The van der Waals surface area contributed by atoms with E-state index in [-0.39, 0.29) is 0 Å². The van der Waals surface area contributed by atoms with Gasteiger partial charge in [0, 0.05) is 22.4 Å². The Bertz CT molecular complexity index is 2070. The topological polar surface area (TPSA) is 64.0 Å². The first-order valence-corrected chi connectivity index (χ1v) is 12.0. The molecular weight excluding hydrogens is 458 g/mol. The lowest BCUT2D eigenvalue weighted by Gasteiger charge is -2.21. The summed E-state index contributed by atoms with van der Waals surface area (Å²) in [5.41, 5.74) is 8.22. The van der Waals surface area contributed by atoms with Crippen LogP contribution in [-0.2, 0) is 0 Å². The molecule has 0 unspecified atom stereocenters. The molecule has 1 aliphatic rings. The second-order valence-corrected chi connectivity index (χ2v) is 9.18. The van der Waals surface area contributed by atoms with E-state index in [4.69, 9.17) is 14.4 Å². The molecule has 5 heteroatoms. The zero-order chi connectivity index (χ0) is 24.5. The summed E-state index contributed by atoms with van der Waals surface area (Å²) in [6.07, 6.45) is 0.